The van der Waals surface area contributed by atoms with E-state index < -0.39 is 0 Å². The molecule has 110 valence electrons. The maximum Gasteiger partial charge on any atom is 0.236 e. The average molecular weight is 301 g/mol. The molecule has 2 aromatic rings. The van der Waals surface area contributed by atoms with Crippen molar-refractivity contribution in [2.75, 3.05) is 6.54 Å². The molecule has 2 atom stereocenters. The second kappa shape index (κ2) is 6.35. The lowest BCUT2D eigenvalue weighted by atomic mass is 10.1. The molecule has 0 radical (unpaired) electrons. The van der Waals surface area contributed by atoms with Crippen molar-refractivity contribution in [3.05, 3.63) is 48.4 Å². The Balaban J connectivity index is 1.69. The van der Waals surface area contributed by atoms with Gasteiger partial charge in [-0.3, -0.25) is 4.79 Å². The van der Waals surface area contributed by atoms with Crippen molar-refractivity contribution in [3.8, 4) is 0 Å². The summed E-state index contributed by atoms with van der Waals surface area (Å²) in [5, 5.41) is 0.782. The summed E-state index contributed by atoms with van der Waals surface area (Å²) in [5.74, 6) is 0.197. The van der Waals surface area contributed by atoms with Crippen molar-refractivity contribution >= 4 is 17.7 Å². The maximum atomic E-state index is 12.7. The molecule has 4 nitrogen and oxygen atoms in total. The lowest BCUT2D eigenvalue weighted by Gasteiger charge is -2.26. The van der Waals surface area contributed by atoms with Crippen LogP contribution in [0.5, 0.6) is 0 Å². The minimum atomic E-state index is -0.115. The zero-order valence-corrected chi connectivity index (χ0v) is 12.8. The van der Waals surface area contributed by atoms with E-state index in [0.29, 0.717) is 0 Å². The fourth-order valence-corrected chi connectivity index (χ4v) is 3.66. The maximum absolute atomic E-state index is 12.7. The number of H-pyrrole nitrogens is 1. The monoisotopic (exact) mass is 301 g/mol. The molecule has 0 aliphatic carbocycles. The average Bonchev–Trinajstić information content (AvgIpc) is 3.18. The van der Waals surface area contributed by atoms with Gasteiger partial charge in [0.15, 0.2) is 0 Å². The number of thioether (sulfide) groups is 1. The number of hydrogen-bond acceptors (Lipinski definition) is 3. The summed E-state index contributed by atoms with van der Waals surface area (Å²) in [6.45, 7) is 2.81. The molecule has 0 aromatic carbocycles. The molecule has 1 aliphatic rings. The minimum Gasteiger partial charge on any atom is -0.363 e. The van der Waals surface area contributed by atoms with Crippen molar-refractivity contribution in [2.24, 2.45) is 0 Å². The molecular formula is C16H19N3OS. The van der Waals surface area contributed by atoms with Crippen LogP contribution >= 0.6 is 11.8 Å². The zero-order valence-electron chi connectivity index (χ0n) is 12.0. The fraction of sp³-hybridized carbons (Fsp3) is 0.375. The standard InChI is InChI=1S/C16H19N3OS/c1-12(21-15-8-2-3-9-18-15)16(20)19-11-5-7-14(19)13-6-4-10-17-13/h2-4,6,8-10,12,14,17H,5,7,11H2,1H3. The summed E-state index contributed by atoms with van der Waals surface area (Å²) in [5.41, 5.74) is 1.14. The summed E-state index contributed by atoms with van der Waals surface area (Å²) >= 11 is 1.53. The summed E-state index contributed by atoms with van der Waals surface area (Å²) < 4.78 is 0. The Labute approximate surface area is 129 Å². The van der Waals surface area contributed by atoms with Gasteiger partial charge in [-0.25, -0.2) is 4.98 Å². The number of aromatic amines is 1. The highest BCUT2D eigenvalue weighted by Crippen LogP contribution is 2.33. The van der Waals surface area contributed by atoms with Crippen molar-refractivity contribution in [1.82, 2.24) is 14.9 Å². The molecular weight excluding hydrogens is 282 g/mol. The molecule has 0 saturated carbocycles. The van der Waals surface area contributed by atoms with E-state index in [1.165, 1.54) is 11.8 Å². The van der Waals surface area contributed by atoms with E-state index >= 15 is 0 Å². The van der Waals surface area contributed by atoms with E-state index in [1.54, 1.807) is 6.20 Å². The first-order chi connectivity index (χ1) is 10.3. The van der Waals surface area contributed by atoms with Gasteiger partial charge in [-0.05, 0) is 44.0 Å². The molecule has 1 saturated heterocycles. The van der Waals surface area contributed by atoms with Gasteiger partial charge in [-0.15, -0.1) is 0 Å². The Hall–Kier alpha value is -1.75. The predicted octanol–water partition coefficient (Wildman–Crippen LogP) is 3.25. The lowest BCUT2D eigenvalue weighted by Crippen LogP contribution is -2.36. The molecule has 2 unspecified atom stereocenters. The first-order valence-corrected chi connectivity index (χ1v) is 8.15. The third kappa shape index (κ3) is 3.13. The Kier molecular flexibility index (Phi) is 4.29. The number of carbonyl (C=O) groups excluding carboxylic acids is 1. The second-order valence-electron chi connectivity index (χ2n) is 5.24. The lowest BCUT2D eigenvalue weighted by molar-refractivity contribution is -0.131. The van der Waals surface area contributed by atoms with E-state index in [1.807, 2.05) is 42.3 Å². The van der Waals surface area contributed by atoms with E-state index in [0.717, 1.165) is 30.1 Å². The number of aromatic nitrogens is 2. The Morgan fingerprint density at radius 3 is 3.05 bits per heavy atom. The third-order valence-corrected chi connectivity index (χ3v) is 4.84. The normalized spacial score (nSPS) is 19.7. The van der Waals surface area contributed by atoms with Gasteiger partial charge >= 0.3 is 0 Å². The molecule has 3 rings (SSSR count). The van der Waals surface area contributed by atoms with Crippen molar-refractivity contribution < 1.29 is 4.79 Å². The predicted molar refractivity (Wildman–Crippen MR) is 84.0 cm³/mol. The van der Waals surface area contributed by atoms with Crippen LogP contribution in [0.2, 0.25) is 0 Å². The van der Waals surface area contributed by atoms with Gasteiger partial charge in [0.25, 0.3) is 0 Å². The summed E-state index contributed by atoms with van der Waals surface area (Å²) in [6.07, 6.45) is 5.78. The highest BCUT2D eigenvalue weighted by Gasteiger charge is 2.33. The number of pyridine rings is 1. The summed E-state index contributed by atoms with van der Waals surface area (Å²) in [7, 11) is 0. The van der Waals surface area contributed by atoms with Gasteiger partial charge in [0, 0.05) is 24.6 Å². The molecule has 0 bridgehead atoms. The Morgan fingerprint density at radius 2 is 2.33 bits per heavy atom. The van der Waals surface area contributed by atoms with Crippen LogP contribution in [0, 0.1) is 0 Å². The van der Waals surface area contributed by atoms with Crippen LogP contribution in [0.25, 0.3) is 0 Å². The first-order valence-electron chi connectivity index (χ1n) is 7.27. The van der Waals surface area contributed by atoms with Crippen LogP contribution in [0.3, 0.4) is 0 Å². The number of carbonyl (C=O) groups is 1. The Bertz CT molecular complexity index is 585. The van der Waals surface area contributed by atoms with Gasteiger partial charge in [-0.1, -0.05) is 17.8 Å². The minimum absolute atomic E-state index is 0.115. The Morgan fingerprint density at radius 1 is 1.43 bits per heavy atom. The molecule has 5 heteroatoms. The quantitative estimate of drug-likeness (QED) is 0.882. The zero-order chi connectivity index (χ0) is 14.7. The van der Waals surface area contributed by atoms with E-state index in [-0.39, 0.29) is 17.2 Å². The molecule has 1 aliphatic heterocycles. The number of rotatable bonds is 4. The second-order valence-corrected chi connectivity index (χ2v) is 6.60. The van der Waals surface area contributed by atoms with Crippen molar-refractivity contribution in [2.45, 2.75) is 36.1 Å². The fourth-order valence-electron chi connectivity index (χ4n) is 2.79. The van der Waals surface area contributed by atoms with Crippen LogP contribution < -0.4 is 0 Å². The third-order valence-electron chi connectivity index (χ3n) is 3.80. The highest BCUT2D eigenvalue weighted by atomic mass is 32.2. The molecule has 2 aromatic heterocycles. The van der Waals surface area contributed by atoms with E-state index in [4.69, 9.17) is 0 Å². The molecule has 1 N–H and O–H groups in total. The number of amides is 1. The van der Waals surface area contributed by atoms with Crippen molar-refractivity contribution in [1.29, 1.82) is 0 Å². The molecule has 0 spiro atoms. The first kappa shape index (κ1) is 14.2. The number of likely N-dealkylation sites (tertiary alicyclic amines) is 1. The van der Waals surface area contributed by atoms with Crippen molar-refractivity contribution in [3.63, 3.8) is 0 Å². The molecule has 3 heterocycles. The molecule has 1 fully saturated rings. The topological polar surface area (TPSA) is 49.0 Å². The number of nitrogens with zero attached hydrogens (tertiary/aromatic N) is 2. The highest BCUT2D eigenvalue weighted by molar-refractivity contribution is 8.00. The van der Waals surface area contributed by atoms with Crippen LogP contribution in [-0.4, -0.2) is 32.6 Å². The number of nitrogens with one attached hydrogen (secondary N) is 1. The van der Waals surface area contributed by atoms with Crippen LogP contribution in [0.15, 0.2) is 47.8 Å². The van der Waals surface area contributed by atoms with Gasteiger partial charge in [0.1, 0.15) is 0 Å². The molecule has 21 heavy (non-hydrogen) atoms. The van der Waals surface area contributed by atoms with Gasteiger partial charge in [0.05, 0.1) is 16.3 Å². The molecule has 1 amide bonds. The number of hydrogen-bond donors (Lipinski definition) is 1. The van der Waals surface area contributed by atoms with Gasteiger partial charge in [0.2, 0.25) is 5.91 Å². The van der Waals surface area contributed by atoms with Crippen LogP contribution in [0.4, 0.5) is 0 Å². The van der Waals surface area contributed by atoms with Crippen LogP contribution in [-0.2, 0) is 4.79 Å². The van der Waals surface area contributed by atoms with Gasteiger partial charge < -0.3 is 9.88 Å². The smallest absolute Gasteiger partial charge is 0.236 e. The van der Waals surface area contributed by atoms with E-state index in [9.17, 15) is 4.79 Å². The van der Waals surface area contributed by atoms with Crippen LogP contribution in [0.1, 0.15) is 31.5 Å². The summed E-state index contributed by atoms with van der Waals surface area (Å²) in [4.78, 5) is 22.2. The SMILES string of the molecule is CC(Sc1ccccn1)C(=O)N1CCCC1c1ccc[nH]1. The summed E-state index contributed by atoms with van der Waals surface area (Å²) in [6, 6.07) is 10.0. The largest absolute Gasteiger partial charge is 0.363 e. The van der Waals surface area contributed by atoms with Gasteiger partial charge in [-0.2, -0.15) is 0 Å². The van der Waals surface area contributed by atoms with E-state index in [2.05, 4.69) is 16.0 Å².